The molecule has 0 amide bonds. The molecule has 8 heteroatoms. The molecule has 0 bridgehead atoms. The van der Waals surface area contributed by atoms with Crippen molar-refractivity contribution >= 4 is 17.6 Å². The maximum atomic E-state index is 14.6. The predicted octanol–water partition coefficient (Wildman–Crippen LogP) is 2.98. The largest absolute Gasteiger partial charge is 0.379 e. The van der Waals surface area contributed by atoms with Crippen LogP contribution in [-0.4, -0.2) is 70.0 Å². The van der Waals surface area contributed by atoms with Gasteiger partial charge in [-0.15, -0.1) is 0 Å². The first-order valence-corrected chi connectivity index (χ1v) is 10.9. The Labute approximate surface area is 177 Å². The van der Waals surface area contributed by atoms with Gasteiger partial charge in [-0.25, -0.2) is 4.39 Å². The van der Waals surface area contributed by atoms with Crippen LogP contribution in [-0.2, 0) is 9.47 Å². The van der Waals surface area contributed by atoms with Crippen LogP contribution in [0.4, 0.5) is 4.39 Å². The first-order chi connectivity index (χ1) is 14.2. The van der Waals surface area contributed by atoms with E-state index in [1.165, 1.54) is 6.07 Å². The van der Waals surface area contributed by atoms with Crippen LogP contribution in [0.5, 0.6) is 0 Å². The van der Waals surface area contributed by atoms with E-state index in [1.54, 1.807) is 19.2 Å². The minimum atomic E-state index is -0.257. The smallest absolute Gasteiger partial charge is 0.191 e. The molecule has 162 valence electrons. The van der Waals surface area contributed by atoms with Gasteiger partial charge in [-0.05, 0) is 50.9 Å². The van der Waals surface area contributed by atoms with Crippen LogP contribution in [0.2, 0.25) is 5.02 Å². The van der Waals surface area contributed by atoms with Crippen molar-refractivity contribution in [3.05, 3.63) is 34.6 Å². The fourth-order valence-corrected chi connectivity index (χ4v) is 4.17. The summed E-state index contributed by atoms with van der Waals surface area (Å²) in [7, 11) is 1.74. The van der Waals surface area contributed by atoms with E-state index >= 15 is 0 Å². The average molecular weight is 427 g/mol. The van der Waals surface area contributed by atoms with E-state index in [9.17, 15) is 4.39 Å². The summed E-state index contributed by atoms with van der Waals surface area (Å²) in [6.07, 6.45) is 4.35. The molecule has 3 rings (SSSR count). The molecule has 2 unspecified atom stereocenters. The van der Waals surface area contributed by atoms with E-state index in [-0.39, 0.29) is 18.0 Å². The number of halogens is 2. The van der Waals surface area contributed by atoms with Crippen molar-refractivity contribution in [3.63, 3.8) is 0 Å². The van der Waals surface area contributed by atoms with Crippen LogP contribution in [0, 0.1) is 5.82 Å². The quantitative estimate of drug-likeness (QED) is 0.361. The maximum absolute atomic E-state index is 14.6. The van der Waals surface area contributed by atoms with Gasteiger partial charge in [-0.3, -0.25) is 9.89 Å². The first kappa shape index (κ1) is 22.3. The van der Waals surface area contributed by atoms with Gasteiger partial charge < -0.3 is 20.1 Å². The Morgan fingerprint density at radius 2 is 2.21 bits per heavy atom. The van der Waals surface area contributed by atoms with Crippen LogP contribution < -0.4 is 10.6 Å². The van der Waals surface area contributed by atoms with Crippen molar-refractivity contribution in [3.8, 4) is 0 Å². The van der Waals surface area contributed by atoms with Gasteiger partial charge in [0.05, 0.1) is 18.8 Å². The second-order valence-corrected chi connectivity index (χ2v) is 7.89. The molecule has 0 aromatic heterocycles. The topological polar surface area (TPSA) is 58.1 Å². The number of hydrogen-bond donors (Lipinski definition) is 2. The molecular formula is C21H32ClFN4O2. The molecule has 0 spiro atoms. The van der Waals surface area contributed by atoms with E-state index in [2.05, 4.69) is 20.5 Å². The molecule has 0 saturated carbocycles. The summed E-state index contributed by atoms with van der Waals surface area (Å²) in [5.41, 5.74) is 0.561. The summed E-state index contributed by atoms with van der Waals surface area (Å²) < 4.78 is 25.7. The minimum absolute atomic E-state index is 0.129. The van der Waals surface area contributed by atoms with Crippen LogP contribution in [0.3, 0.4) is 0 Å². The molecule has 2 atom stereocenters. The second kappa shape index (κ2) is 11.7. The molecule has 2 saturated heterocycles. The number of nitrogens with zero attached hydrogens (tertiary/aromatic N) is 2. The van der Waals surface area contributed by atoms with E-state index in [1.807, 2.05) is 0 Å². The van der Waals surface area contributed by atoms with Gasteiger partial charge in [-0.1, -0.05) is 17.7 Å². The van der Waals surface area contributed by atoms with E-state index in [4.69, 9.17) is 21.1 Å². The van der Waals surface area contributed by atoms with Gasteiger partial charge in [0.15, 0.2) is 5.96 Å². The summed E-state index contributed by atoms with van der Waals surface area (Å²) in [5, 5.41) is 7.12. The van der Waals surface area contributed by atoms with Crippen molar-refractivity contribution in [1.29, 1.82) is 0 Å². The van der Waals surface area contributed by atoms with Crippen molar-refractivity contribution in [2.45, 2.75) is 37.8 Å². The second-order valence-electron chi connectivity index (χ2n) is 7.48. The monoisotopic (exact) mass is 426 g/mol. The Morgan fingerprint density at radius 3 is 2.90 bits per heavy atom. The van der Waals surface area contributed by atoms with Crippen molar-refractivity contribution in [2.75, 3.05) is 53.0 Å². The molecule has 6 nitrogen and oxygen atoms in total. The zero-order valence-corrected chi connectivity index (χ0v) is 17.9. The highest BCUT2D eigenvalue weighted by Gasteiger charge is 2.27. The number of aliphatic imine (C=N–C) groups is 1. The Hall–Kier alpha value is -1.41. The predicted molar refractivity (Wildman–Crippen MR) is 114 cm³/mol. The molecule has 2 heterocycles. The number of benzene rings is 1. The third-order valence-electron chi connectivity index (χ3n) is 5.46. The number of likely N-dealkylation sites (tertiary alicyclic amines) is 1. The van der Waals surface area contributed by atoms with Gasteiger partial charge in [0.2, 0.25) is 0 Å². The molecule has 29 heavy (non-hydrogen) atoms. The summed E-state index contributed by atoms with van der Waals surface area (Å²) in [5.74, 6) is 0.443. The van der Waals surface area contributed by atoms with Gasteiger partial charge in [0.25, 0.3) is 0 Å². The zero-order valence-electron chi connectivity index (χ0n) is 17.1. The highest BCUT2D eigenvalue weighted by Crippen LogP contribution is 2.31. The Balaban J connectivity index is 1.49. The van der Waals surface area contributed by atoms with Crippen LogP contribution in [0.1, 0.15) is 37.3 Å². The van der Waals surface area contributed by atoms with Crippen molar-refractivity contribution < 1.29 is 13.9 Å². The van der Waals surface area contributed by atoms with E-state index in [0.29, 0.717) is 36.3 Å². The lowest BCUT2D eigenvalue weighted by atomic mass is 10.0. The summed E-state index contributed by atoms with van der Waals surface area (Å²) >= 11 is 6.36. The standard InChI is InChI=1S/C21H32ClFN4O2/c1-24-21(25-9-5-12-29-16-8-13-28-15-16)26-14-19(27-10-2-3-11-27)20-17(22)6-4-7-18(20)23/h4,6-7,16,19H,2-3,5,8-15H2,1H3,(H2,24,25,26). The van der Waals surface area contributed by atoms with E-state index in [0.717, 1.165) is 51.9 Å². The fraction of sp³-hybridized carbons (Fsp3) is 0.667. The van der Waals surface area contributed by atoms with Crippen LogP contribution in [0.25, 0.3) is 0 Å². The van der Waals surface area contributed by atoms with Gasteiger partial charge in [0.1, 0.15) is 5.82 Å². The molecule has 0 radical (unpaired) electrons. The van der Waals surface area contributed by atoms with E-state index < -0.39 is 0 Å². The number of nitrogens with one attached hydrogen (secondary N) is 2. The molecule has 1 aromatic carbocycles. The average Bonchev–Trinajstić information content (AvgIpc) is 3.42. The third-order valence-corrected chi connectivity index (χ3v) is 5.79. The fourth-order valence-electron chi connectivity index (χ4n) is 3.88. The highest BCUT2D eigenvalue weighted by atomic mass is 35.5. The third kappa shape index (κ3) is 6.54. The molecule has 2 N–H and O–H groups in total. The Morgan fingerprint density at radius 1 is 1.38 bits per heavy atom. The number of ether oxygens (including phenoxy) is 2. The van der Waals surface area contributed by atoms with Crippen LogP contribution >= 0.6 is 11.6 Å². The molecule has 2 aliphatic heterocycles. The molecule has 1 aromatic rings. The lowest BCUT2D eigenvalue weighted by molar-refractivity contribution is 0.0420. The molecule has 0 aliphatic carbocycles. The van der Waals surface area contributed by atoms with Crippen molar-refractivity contribution in [2.24, 2.45) is 4.99 Å². The summed E-state index contributed by atoms with van der Waals surface area (Å²) in [6.45, 7) is 5.38. The molecular weight excluding hydrogens is 395 g/mol. The Bertz CT molecular complexity index is 644. The minimum Gasteiger partial charge on any atom is -0.379 e. The maximum Gasteiger partial charge on any atom is 0.191 e. The lowest BCUT2D eigenvalue weighted by Crippen LogP contribution is -2.43. The van der Waals surface area contributed by atoms with Crippen molar-refractivity contribution in [1.82, 2.24) is 15.5 Å². The number of guanidine groups is 1. The Kier molecular flexibility index (Phi) is 8.98. The summed E-state index contributed by atoms with van der Waals surface area (Å²) in [6, 6.07) is 4.75. The zero-order chi connectivity index (χ0) is 20.5. The highest BCUT2D eigenvalue weighted by molar-refractivity contribution is 6.31. The first-order valence-electron chi connectivity index (χ1n) is 10.5. The molecule has 2 fully saturated rings. The molecule has 2 aliphatic rings. The lowest BCUT2D eigenvalue weighted by Gasteiger charge is -2.29. The van der Waals surface area contributed by atoms with Gasteiger partial charge >= 0.3 is 0 Å². The van der Waals surface area contributed by atoms with Gasteiger partial charge in [0, 0.05) is 43.9 Å². The number of hydrogen-bond acceptors (Lipinski definition) is 4. The normalized spacial score (nSPS) is 21.5. The number of rotatable bonds is 9. The van der Waals surface area contributed by atoms with Crippen LogP contribution in [0.15, 0.2) is 23.2 Å². The van der Waals surface area contributed by atoms with Gasteiger partial charge in [-0.2, -0.15) is 0 Å². The SMILES string of the molecule is CN=C(NCCCOC1CCOC1)NCC(c1c(F)cccc1Cl)N1CCCC1. The summed E-state index contributed by atoms with van der Waals surface area (Å²) in [4.78, 5) is 6.58.